The van der Waals surface area contributed by atoms with Crippen molar-refractivity contribution in [2.45, 2.75) is 0 Å². The molecule has 17 heavy (non-hydrogen) atoms. The van der Waals surface area contributed by atoms with Gasteiger partial charge in [0.25, 0.3) is 0 Å². The lowest BCUT2D eigenvalue weighted by molar-refractivity contribution is 0.575. The van der Waals surface area contributed by atoms with E-state index in [1.54, 1.807) is 18.7 Å². The molecule has 3 heteroatoms. The first-order chi connectivity index (χ1) is 8.43. The fourth-order valence-corrected chi connectivity index (χ4v) is 1.64. The first-order valence-electron chi connectivity index (χ1n) is 5.35. The van der Waals surface area contributed by atoms with E-state index in [0.717, 1.165) is 16.8 Å². The fraction of sp³-hybridized carbons (Fsp3) is 0. The van der Waals surface area contributed by atoms with Gasteiger partial charge >= 0.3 is 0 Å². The van der Waals surface area contributed by atoms with Gasteiger partial charge in [-0.25, -0.2) is 4.98 Å². The Morgan fingerprint density at radius 1 is 0.824 bits per heavy atom. The number of hydrogen-bond acceptors (Lipinski definition) is 3. The molecular formula is C14H10N2O. The molecule has 3 nitrogen and oxygen atoms in total. The topological polar surface area (TPSA) is 38.9 Å². The minimum atomic E-state index is 0.617. The minimum Gasteiger partial charge on any atom is -0.444 e. The summed E-state index contributed by atoms with van der Waals surface area (Å²) in [6, 6.07) is 13.7. The van der Waals surface area contributed by atoms with Gasteiger partial charge < -0.3 is 4.42 Å². The molecule has 0 bridgehead atoms. The van der Waals surface area contributed by atoms with Crippen LogP contribution in [-0.2, 0) is 0 Å². The summed E-state index contributed by atoms with van der Waals surface area (Å²) in [7, 11) is 0. The van der Waals surface area contributed by atoms with Crippen molar-refractivity contribution in [1.82, 2.24) is 9.97 Å². The maximum Gasteiger partial charge on any atom is 0.226 e. The van der Waals surface area contributed by atoms with Gasteiger partial charge in [0.2, 0.25) is 5.89 Å². The van der Waals surface area contributed by atoms with Crippen molar-refractivity contribution in [1.29, 1.82) is 0 Å². The Hall–Kier alpha value is -2.42. The summed E-state index contributed by atoms with van der Waals surface area (Å²) in [4.78, 5) is 8.42. The molecule has 0 amide bonds. The molecule has 0 atom stereocenters. The predicted molar refractivity (Wildman–Crippen MR) is 65.2 cm³/mol. The molecule has 0 radical (unpaired) electrons. The average Bonchev–Trinajstić information content (AvgIpc) is 2.90. The highest BCUT2D eigenvalue weighted by molar-refractivity contribution is 5.62. The first kappa shape index (κ1) is 9.78. The lowest BCUT2D eigenvalue weighted by Gasteiger charge is -1.93. The van der Waals surface area contributed by atoms with E-state index < -0.39 is 0 Å². The van der Waals surface area contributed by atoms with Crippen LogP contribution in [-0.4, -0.2) is 9.97 Å². The van der Waals surface area contributed by atoms with Gasteiger partial charge in [-0.05, 0) is 12.1 Å². The third kappa shape index (κ3) is 1.95. The summed E-state index contributed by atoms with van der Waals surface area (Å²) in [5.41, 5.74) is 2.83. The monoisotopic (exact) mass is 222 g/mol. The van der Waals surface area contributed by atoms with Crippen molar-refractivity contribution < 1.29 is 4.42 Å². The van der Waals surface area contributed by atoms with Gasteiger partial charge in [0.05, 0.1) is 0 Å². The molecule has 3 rings (SSSR count). The molecule has 3 aromatic rings. The van der Waals surface area contributed by atoms with Crippen molar-refractivity contribution in [3.05, 3.63) is 61.1 Å². The van der Waals surface area contributed by atoms with Crippen molar-refractivity contribution in [3.63, 3.8) is 0 Å². The van der Waals surface area contributed by atoms with E-state index in [0.29, 0.717) is 5.89 Å². The molecule has 0 spiro atoms. The lowest BCUT2D eigenvalue weighted by Crippen LogP contribution is -1.79. The zero-order chi connectivity index (χ0) is 11.5. The van der Waals surface area contributed by atoms with Crippen LogP contribution in [0.1, 0.15) is 0 Å². The van der Waals surface area contributed by atoms with E-state index in [4.69, 9.17) is 4.42 Å². The number of hydrogen-bond donors (Lipinski definition) is 0. The molecule has 82 valence electrons. The maximum absolute atomic E-state index is 5.47. The summed E-state index contributed by atoms with van der Waals surface area (Å²) in [5, 5.41) is 0. The normalized spacial score (nSPS) is 10.4. The van der Waals surface area contributed by atoms with E-state index in [2.05, 4.69) is 9.97 Å². The quantitative estimate of drug-likeness (QED) is 0.667. The third-order valence-electron chi connectivity index (χ3n) is 2.50. The summed E-state index contributed by atoms with van der Waals surface area (Å²) in [6.45, 7) is 0. The van der Waals surface area contributed by atoms with E-state index in [9.17, 15) is 0 Å². The van der Waals surface area contributed by atoms with Crippen molar-refractivity contribution in [2.24, 2.45) is 0 Å². The predicted octanol–water partition coefficient (Wildman–Crippen LogP) is 3.40. The summed E-state index contributed by atoms with van der Waals surface area (Å²) in [6.07, 6.45) is 5.12. The van der Waals surface area contributed by atoms with Gasteiger partial charge in [-0.3, -0.25) is 4.98 Å². The molecule has 0 N–H and O–H groups in total. The number of aromatic nitrogens is 2. The van der Waals surface area contributed by atoms with E-state index in [1.807, 2.05) is 42.5 Å². The second-order valence-corrected chi connectivity index (χ2v) is 3.64. The molecule has 0 aliphatic carbocycles. The standard InChI is InChI=1S/C14H10N2O/c1-2-4-11(5-3-1)13-10-17-14(16-13)12-6-8-15-9-7-12/h1-10H. The number of rotatable bonds is 2. The highest BCUT2D eigenvalue weighted by Gasteiger charge is 2.07. The van der Waals surface area contributed by atoms with Gasteiger partial charge in [-0.1, -0.05) is 30.3 Å². The highest BCUT2D eigenvalue weighted by atomic mass is 16.3. The molecule has 2 heterocycles. The Bertz CT molecular complexity index is 548. The summed E-state index contributed by atoms with van der Waals surface area (Å²) < 4.78 is 5.47. The van der Waals surface area contributed by atoms with E-state index in [-0.39, 0.29) is 0 Å². The molecule has 0 fully saturated rings. The van der Waals surface area contributed by atoms with Crippen LogP contribution in [0.3, 0.4) is 0 Å². The summed E-state index contributed by atoms with van der Waals surface area (Å²) >= 11 is 0. The Kier molecular flexibility index (Phi) is 2.43. The number of pyridine rings is 1. The van der Waals surface area contributed by atoms with Gasteiger partial charge in [0.15, 0.2) is 0 Å². The van der Waals surface area contributed by atoms with E-state index >= 15 is 0 Å². The van der Waals surface area contributed by atoms with Crippen molar-refractivity contribution >= 4 is 0 Å². The minimum absolute atomic E-state index is 0.617. The molecule has 0 saturated heterocycles. The number of benzene rings is 1. The lowest BCUT2D eigenvalue weighted by atomic mass is 10.2. The first-order valence-corrected chi connectivity index (χ1v) is 5.35. The Balaban J connectivity index is 1.99. The Labute approximate surface area is 98.8 Å². The number of nitrogens with zero attached hydrogens (tertiary/aromatic N) is 2. The molecule has 0 saturated carbocycles. The largest absolute Gasteiger partial charge is 0.444 e. The summed E-state index contributed by atoms with van der Waals surface area (Å²) in [5.74, 6) is 0.617. The van der Waals surface area contributed by atoms with Crippen LogP contribution in [0.25, 0.3) is 22.7 Å². The maximum atomic E-state index is 5.47. The highest BCUT2D eigenvalue weighted by Crippen LogP contribution is 2.23. The van der Waals surface area contributed by atoms with Gasteiger partial charge in [-0.2, -0.15) is 0 Å². The molecule has 1 aromatic carbocycles. The van der Waals surface area contributed by atoms with Gasteiger partial charge in [0, 0.05) is 23.5 Å². The smallest absolute Gasteiger partial charge is 0.226 e. The van der Waals surface area contributed by atoms with Crippen molar-refractivity contribution in [2.75, 3.05) is 0 Å². The zero-order valence-corrected chi connectivity index (χ0v) is 9.08. The second-order valence-electron chi connectivity index (χ2n) is 3.64. The SMILES string of the molecule is c1ccc(-c2coc(-c3ccncc3)n2)cc1. The molecular weight excluding hydrogens is 212 g/mol. The van der Waals surface area contributed by atoms with Crippen molar-refractivity contribution in [3.8, 4) is 22.7 Å². The van der Waals surface area contributed by atoms with Crippen LogP contribution < -0.4 is 0 Å². The van der Waals surface area contributed by atoms with Crippen LogP contribution in [0, 0.1) is 0 Å². The Morgan fingerprint density at radius 3 is 2.35 bits per heavy atom. The van der Waals surface area contributed by atoms with Gasteiger partial charge in [-0.15, -0.1) is 0 Å². The van der Waals surface area contributed by atoms with Crippen LogP contribution in [0.5, 0.6) is 0 Å². The number of oxazole rings is 1. The Morgan fingerprint density at radius 2 is 1.59 bits per heavy atom. The average molecular weight is 222 g/mol. The van der Waals surface area contributed by atoms with Crippen LogP contribution in [0.2, 0.25) is 0 Å². The second kappa shape index (κ2) is 4.22. The third-order valence-corrected chi connectivity index (χ3v) is 2.50. The van der Waals surface area contributed by atoms with E-state index in [1.165, 1.54) is 0 Å². The molecule has 0 aliphatic rings. The molecule has 0 aliphatic heterocycles. The van der Waals surface area contributed by atoms with Gasteiger partial charge in [0.1, 0.15) is 12.0 Å². The molecule has 0 unspecified atom stereocenters. The molecule has 2 aromatic heterocycles. The zero-order valence-electron chi connectivity index (χ0n) is 9.08. The van der Waals surface area contributed by atoms with Crippen LogP contribution in [0.4, 0.5) is 0 Å². The van der Waals surface area contributed by atoms with Crippen LogP contribution in [0.15, 0.2) is 65.5 Å². The fourth-order valence-electron chi connectivity index (χ4n) is 1.64. The van der Waals surface area contributed by atoms with Crippen LogP contribution >= 0.6 is 0 Å².